The maximum Gasteiger partial charge on any atom is 0.221 e. The Morgan fingerprint density at radius 1 is 1.15 bits per heavy atom. The number of carbonyl (C=O) groups is 1. The summed E-state index contributed by atoms with van der Waals surface area (Å²) in [6, 6.07) is 15.7. The van der Waals surface area contributed by atoms with Gasteiger partial charge in [-0.3, -0.25) is 4.79 Å². The highest BCUT2D eigenvalue weighted by Crippen LogP contribution is 2.27. The number of hydrogen-bond donors (Lipinski definition) is 2. The third-order valence-corrected chi connectivity index (χ3v) is 4.40. The molecule has 0 heterocycles. The Morgan fingerprint density at radius 3 is 2.67 bits per heavy atom. The zero-order valence-corrected chi connectivity index (χ0v) is 16.8. The highest BCUT2D eigenvalue weighted by Gasteiger charge is 2.06. The Kier molecular flexibility index (Phi) is 8.95. The number of methoxy groups -OCH3 is 1. The smallest absolute Gasteiger partial charge is 0.221 e. The van der Waals surface area contributed by atoms with Crippen molar-refractivity contribution < 1.29 is 9.53 Å². The molecule has 0 bridgehead atoms. The highest BCUT2D eigenvalue weighted by molar-refractivity contribution is 6.30. The van der Waals surface area contributed by atoms with Crippen LogP contribution in [0.4, 0.5) is 5.69 Å². The molecule has 0 fully saturated rings. The van der Waals surface area contributed by atoms with Crippen LogP contribution in [0.3, 0.4) is 0 Å². The van der Waals surface area contributed by atoms with E-state index in [0.717, 1.165) is 25.2 Å². The topological polar surface area (TPSA) is 53.6 Å². The van der Waals surface area contributed by atoms with Crippen molar-refractivity contribution in [3.8, 4) is 5.75 Å². The van der Waals surface area contributed by atoms with Gasteiger partial charge in [0.05, 0.1) is 12.8 Å². The summed E-state index contributed by atoms with van der Waals surface area (Å²) in [7, 11) is 3.70. The van der Waals surface area contributed by atoms with Crippen molar-refractivity contribution in [3.63, 3.8) is 0 Å². The van der Waals surface area contributed by atoms with Crippen LogP contribution in [-0.4, -0.2) is 44.6 Å². The minimum absolute atomic E-state index is 0.0363. The average Bonchev–Trinajstić information content (AvgIpc) is 2.66. The van der Waals surface area contributed by atoms with Gasteiger partial charge in [0.15, 0.2) is 0 Å². The molecule has 2 aromatic rings. The highest BCUT2D eigenvalue weighted by atomic mass is 35.5. The molecule has 27 heavy (non-hydrogen) atoms. The van der Waals surface area contributed by atoms with Gasteiger partial charge in [0, 0.05) is 31.1 Å². The van der Waals surface area contributed by atoms with Crippen molar-refractivity contribution in [2.24, 2.45) is 0 Å². The van der Waals surface area contributed by atoms with E-state index in [2.05, 4.69) is 46.8 Å². The molecule has 2 N–H and O–H groups in total. The molecule has 1 amide bonds. The lowest BCUT2D eigenvalue weighted by molar-refractivity contribution is -0.120. The van der Waals surface area contributed by atoms with Crippen LogP contribution in [0.15, 0.2) is 48.5 Å². The van der Waals surface area contributed by atoms with Crippen molar-refractivity contribution in [1.29, 1.82) is 0 Å². The summed E-state index contributed by atoms with van der Waals surface area (Å²) in [4.78, 5) is 14.2. The van der Waals surface area contributed by atoms with Crippen LogP contribution in [0, 0.1) is 0 Å². The van der Waals surface area contributed by atoms with E-state index in [1.54, 1.807) is 25.3 Å². The summed E-state index contributed by atoms with van der Waals surface area (Å²) in [5.41, 5.74) is 2.09. The molecule has 2 aromatic carbocycles. The molecule has 146 valence electrons. The van der Waals surface area contributed by atoms with Gasteiger partial charge in [-0.25, -0.2) is 0 Å². The first-order valence-corrected chi connectivity index (χ1v) is 9.53. The second kappa shape index (κ2) is 11.5. The van der Waals surface area contributed by atoms with E-state index in [1.165, 1.54) is 5.56 Å². The zero-order chi connectivity index (χ0) is 19.5. The van der Waals surface area contributed by atoms with Crippen molar-refractivity contribution >= 4 is 23.2 Å². The lowest BCUT2D eigenvalue weighted by Gasteiger charge is -2.16. The Hall–Kier alpha value is -2.24. The van der Waals surface area contributed by atoms with Gasteiger partial charge >= 0.3 is 0 Å². The van der Waals surface area contributed by atoms with Crippen molar-refractivity contribution in [2.75, 3.05) is 39.1 Å². The van der Waals surface area contributed by atoms with E-state index in [1.807, 2.05) is 6.07 Å². The van der Waals surface area contributed by atoms with E-state index in [4.69, 9.17) is 16.3 Å². The van der Waals surface area contributed by atoms with Gasteiger partial charge in [-0.05, 0) is 43.8 Å². The van der Waals surface area contributed by atoms with E-state index >= 15 is 0 Å². The number of anilines is 1. The number of nitrogens with zero attached hydrogens (tertiary/aromatic N) is 1. The van der Waals surface area contributed by atoms with Crippen LogP contribution in [-0.2, 0) is 11.3 Å². The Bertz CT molecular complexity index is 710. The van der Waals surface area contributed by atoms with Gasteiger partial charge in [0.1, 0.15) is 5.75 Å². The summed E-state index contributed by atoms with van der Waals surface area (Å²) in [5.74, 6) is 0.746. The number of rotatable bonds is 11. The lowest BCUT2D eigenvalue weighted by Crippen LogP contribution is -2.29. The standard InChI is InChI=1S/C21H28ClN3O2/c1-25(16-17-7-4-3-5-8-17)14-6-12-24-21(26)11-13-23-19-15-18(22)9-10-20(19)27-2/h3-5,7-10,15,23H,6,11-14,16H2,1-2H3,(H,24,26). The van der Waals surface area contributed by atoms with Crippen molar-refractivity contribution in [2.45, 2.75) is 19.4 Å². The van der Waals surface area contributed by atoms with Crippen molar-refractivity contribution in [1.82, 2.24) is 10.2 Å². The summed E-state index contributed by atoms with van der Waals surface area (Å²) in [6.07, 6.45) is 1.32. The maximum atomic E-state index is 12.0. The maximum absolute atomic E-state index is 12.0. The first kappa shape index (κ1) is 21.1. The van der Waals surface area contributed by atoms with Crippen molar-refractivity contribution in [3.05, 3.63) is 59.1 Å². The molecule has 0 saturated carbocycles. The molecule has 0 atom stereocenters. The quantitative estimate of drug-likeness (QED) is 0.574. The molecule has 6 heteroatoms. The molecule has 0 spiro atoms. The van der Waals surface area contributed by atoms with Gasteiger partial charge in [-0.2, -0.15) is 0 Å². The molecule has 0 aliphatic heterocycles. The largest absolute Gasteiger partial charge is 0.495 e. The Labute approximate surface area is 166 Å². The summed E-state index contributed by atoms with van der Waals surface area (Å²) in [6.45, 7) is 3.06. The second-order valence-corrected chi connectivity index (χ2v) is 6.88. The fourth-order valence-corrected chi connectivity index (χ4v) is 2.94. The minimum atomic E-state index is 0.0363. The Balaban J connectivity index is 1.59. The van der Waals surface area contributed by atoms with E-state index in [-0.39, 0.29) is 5.91 Å². The molecule has 0 radical (unpaired) electrons. The van der Waals surface area contributed by atoms with Crippen LogP contribution in [0.2, 0.25) is 5.02 Å². The average molecular weight is 390 g/mol. The van der Waals surface area contributed by atoms with Gasteiger partial charge in [0.2, 0.25) is 5.91 Å². The molecule has 0 saturated heterocycles. The predicted molar refractivity (Wildman–Crippen MR) is 112 cm³/mol. The fraction of sp³-hybridized carbons (Fsp3) is 0.381. The normalized spacial score (nSPS) is 10.7. The summed E-state index contributed by atoms with van der Waals surface area (Å²) < 4.78 is 5.28. The van der Waals surface area contributed by atoms with E-state index < -0.39 is 0 Å². The van der Waals surface area contributed by atoms with Crippen LogP contribution >= 0.6 is 11.6 Å². The monoisotopic (exact) mass is 389 g/mol. The number of hydrogen-bond acceptors (Lipinski definition) is 4. The van der Waals surface area contributed by atoms with Crippen LogP contribution in [0.5, 0.6) is 5.75 Å². The number of carbonyl (C=O) groups excluding carboxylic acids is 1. The molecule has 0 aromatic heterocycles. The zero-order valence-electron chi connectivity index (χ0n) is 16.0. The van der Waals surface area contributed by atoms with E-state index in [0.29, 0.717) is 30.3 Å². The molecule has 0 aliphatic carbocycles. The Morgan fingerprint density at radius 2 is 1.93 bits per heavy atom. The third kappa shape index (κ3) is 7.89. The van der Waals surface area contributed by atoms with Gasteiger partial charge in [0.25, 0.3) is 0 Å². The van der Waals surface area contributed by atoms with Crippen LogP contribution < -0.4 is 15.4 Å². The SMILES string of the molecule is COc1ccc(Cl)cc1NCCC(=O)NCCCN(C)Cc1ccccc1. The fourth-order valence-electron chi connectivity index (χ4n) is 2.77. The van der Waals surface area contributed by atoms with Gasteiger partial charge in [-0.15, -0.1) is 0 Å². The first-order chi connectivity index (χ1) is 13.1. The number of ether oxygens (including phenoxy) is 1. The molecule has 0 unspecified atom stereocenters. The molecular formula is C21H28ClN3O2. The first-order valence-electron chi connectivity index (χ1n) is 9.15. The summed E-state index contributed by atoms with van der Waals surface area (Å²) >= 11 is 6.00. The summed E-state index contributed by atoms with van der Waals surface area (Å²) in [5, 5.41) is 6.79. The minimum Gasteiger partial charge on any atom is -0.495 e. The van der Waals surface area contributed by atoms with E-state index in [9.17, 15) is 4.79 Å². The van der Waals surface area contributed by atoms with Crippen LogP contribution in [0.25, 0.3) is 0 Å². The molecule has 0 aliphatic rings. The van der Waals surface area contributed by atoms with Gasteiger partial charge in [-0.1, -0.05) is 41.9 Å². The van der Waals surface area contributed by atoms with Crippen LogP contribution in [0.1, 0.15) is 18.4 Å². The predicted octanol–water partition coefficient (Wildman–Crippen LogP) is 3.79. The number of benzene rings is 2. The third-order valence-electron chi connectivity index (χ3n) is 4.16. The second-order valence-electron chi connectivity index (χ2n) is 6.45. The number of nitrogens with one attached hydrogen (secondary N) is 2. The molecule has 2 rings (SSSR count). The number of amides is 1. The molecule has 5 nitrogen and oxygen atoms in total. The molecular weight excluding hydrogens is 362 g/mol. The number of halogens is 1. The van der Waals surface area contributed by atoms with Gasteiger partial charge < -0.3 is 20.3 Å². The lowest BCUT2D eigenvalue weighted by atomic mass is 10.2.